The summed E-state index contributed by atoms with van der Waals surface area (Å²) in [6, 6.07) is 1.82. The van der Waals surface area contributed by atoms with Gasteiger partial charge in [-0.2, -0.15) is 13.2 Å². The average molecular weight is 384 g/mol. The van der Waals surface area contributed by atoms with E-state index in [2.05, 4.69) is 0 Å². The summed E-state index contributed by atoms with van der Waals surface area (Å²) in [5.74, 6) is 0. The molecule has 5 N–H and O–H groups in total. The Hall–Kier alpha value is -1.99. The fourth-order valence-corrected chi connectivity index (χ4v) is 2.22. The molecule has 0 saturated carbocycles. The summed E-state index contributed by atoms with van der Waals surface area (Å²) in [6.45, 7) is -1.40. The molecule has 26 heavy (non-hydrogen) atoms. The van der Waals surface area contributed by atoms with E-state index < -0.39 is 59.9 Å². The fourth-order valence-electron chi connectivity index (χ4n) is 2.22. The summed E-state index contributed by atoms with van der Waals surface area (Å²) in [5.41, 5.74) is -2.34. The molecule has 1 aromatic carbocycles. The maximum atomic E-state index is 12.7. The lowest BCUT2D eigenvalue weighted by Gasteiger charge is -2.29. The van der Waals surface area contributed by atoms with Gasteiger partial charge in [-0.25, -0.2) is 0 Å². The molecule has 0 amide bonds. The van der Waals surface area contributed by atoms with Crippen molar-refractivity contribution in [3.63, 3.8) is 0 Å². The Morgan fingerprint density at radius 3 is 2.15 bits per heavy atom. The van der Waals surface area contributed by atoms with Crippen LogP contribution in [0.3, 0.4) is 0 Å². The number of benzene rings is 1. The molecule has 0 bridgehead atoms. The van der Waals surface area contributed by atoms with E-state index in [4.69, 9.17) is 5.11 Å². The maximum absolute atomic E-state index is 12.7. The third-order valence-electron chi connectivity index (χ3n) is 3.70. The van der Waals surface area contributed by atoms with Crippen molar-refractivity contribution in [1.29, 1.82) is 0 Å². The summed E-state index contributed by atoms with van der Waals surface area (Å²) < 4.78 is 38.1. The molecule has 0 aliphatic heterocycles. The molecule has 148 valence electrons. The van der Waals surface area contributed by atoms with Crippen LogP contribution in [0.1, 0.15) is 5.56 Å². The van der Waals surface area contributed by atoms with Gasteiger partial charge in [0, 0.05) is 19.7 Å². The van der Waals surface area contributed by atoms with E-state index in [0.717, 1.165) is 11.0 Å². The van der Waals surface area contributed by atoms with Crippen LogP contribution < -0.4 is 4.90 Å². The largest absolute Gasteiger partial charge is 0.416 e. The predicted molar refractivity (Wildman–Crippen MR) is 82.5 cm³/mol. The van der Waals surface area contributed by atoms with Gasteiger partial charge in [0.25, 0.3) is 5.69 Å². The first-order valence-corrected chi connectivity index (χ1v) is 7.30. The lowest BCUT2D eigenvalue weighted by Crippen LogP contribution is -2.49. The smallest absolute Gasteiger partial charge is 0.394 e. The number of nitro groups is 1. The second-order valence-corrected chi connectivity index (χ2v) is 5.64. The van der Waals surface area contributed by atoms with Gasteiger partial charge in [0.05, 0.1) is 23.2 Å². The predicted octanol–water partition coefficient (Wildman–Crippen LogP) is -0.514. The Morgan fingerprint density at radius 1 is 1.15 bits per heavy atom. The van der Waals surface area contributed by atoms with Crippen molar-refractivity contribution in [2.24, 2.45) is 0 Å². The minimum Gasteiger partial charge on any atom is -0.394 e. The van der Waals surface area contributed by atoms with Crippen LogP contribution in [0, 0.1) is 10.1 Å². The zero-order valence-electron chi connectivity index (χ0n) is 13.5. The van der Waals surface area contributed by atoms with Crippen LogP contribution in [-0.2, 0) is 6.18 Å². The molecule has 0 saturated heterocycles. The third-order valence-corrected chi connectivity index (χ3v) is 3.70. The molecule has 0 aliphatic carbocycles. The molecule has 1 rings (SSSR count). The van der Waals surface area contributed by atoms with E-state index in [0.29, 0.717) is 12.1 Å². The number of halogens is 3. The van der Waals surface area contributed by atoms with Gasteiger partial charge in [-0.15, -0.1) is 0 Å². The van der Waals surface area contributed by atoms with Crippen molar-refractivity contribution in [3.05, 3.63) is 33.9 Å². The van der Waals surface area contributed by atoms with Crippen LogP contribution in [0.5, 0.6) is 0 Å². The zero-order valence-corrected chi connectivity index (χ0v) is 13.5. The van der Waals surface area contributed by atoms with E-state index in [1.54, 1.807) is 0 Å². The second kappa shape index (κ2) is 8.60. The van der Waals surface area contributed by atoms with Crippen LogP contribution >= 0.6 is 0 Å². The molecule has 0 radical (unpaired) electrons. The van der Waals surface area contributed by atoms with Gasteiger partial charge < -0.3 is 30.4 Å². The summed E-state index contributed by atoms with van der Waals surface area (Å²) >= 11 is 0. The van der Waals surface area contributed by atoms with E-state index in [-0.39, 0.29) is 5.69 Å². The monoisotopic (exact) mass is 384 g/mol. The highest BCUT2D eigenvalue weighted by atomic mass is 19.4. The van der Waals surface area contributed by atoms with Gasteiger partial charge in [-0.1, -0.05) is 0 Å². The quantitative estimate of drug-likeness (QED) is 0.297. The molecule has 9 nitrogen and oxygen atoms in total. The average Bonchev–Trinajstić information content (AvgIpc) is 2.57. The number of aliphatic hydroxyl groups excluding tert-OH is 5. The molecule has 0 unspecified atom stereocenters. The topological polar surface area (TPSA) is 148 Å². The number of aliphatic hydroxyl groups is 5. The minimum atomic E-state index is -4.78. The SMILES string of the molecule is CN(C[C@@H](O)[C@H](O)[C@H](O)[C@H](O)CO)c1ccc(C(F)(F)F)cc1[N+](=O)[O-]. The molecular formula is C14H19F3N2O7. The van der Waals surface area contributed by atoms with Crippen LogP contribution in [0.25, 0.3) is 0 Å². The molecule has 0 spiro atoms. The molecule has 0 fully saturated rings. The number of alkyl halides is 3. The lowest BCUT2D eigenvalue weighted by molar-refractivity contribution is -0.384. The summed E-state index contributed by atoms with van der Waals surface area (Å²) in [6.07, 6.45) is -12.0. The number of hydrogen-bond donors (Lipinski definition) is 5. The van der Waals surface area contributed by atoms with Crippen molar-refractivity contribution in [2.75, 3.05) is 25.1 Å². The highest BCUT2D eigenvalue weighted by Gasteiger charge is 2.35. The van der Waals surface area contributed by atoms with Crippen molar-refractivity contribution < 1.29 is 43.6 Å². The highest BCUT2D eigenvalue weighted by Crippen LogP contribution is 2.36. The molecule has 0 aliphatic rings. The van der Waals surface area contributed by atoms with Gasteiger partial charge in [0.15, 0.2) is 0 Å². The van der Waals surface area contributed by atoms with Gasteiger partial charge in [-0.3, -0.25) is 10.1 Å². The van der Waals surface area contributed by atoms with Crippen molar-refractivity contribution in [3.8, 4) is 0 Å². The van der Waals surface area contributed by atoms with Crippen LogP contribution in [0.2, 0.25) is 0 Å². The Balaban J connectivity index is 3.02. The highest BCUT2D eigenvalue weighted by molar-refractivity contribution is 5.64. The molecule has 0 aromatic heterocycles. The number of likely N-dealkylation sites (N-methyl/N-ethyl adjacent to an activating group) is 1. The standard InChI is InChI=1S/C14H19F3N2O7/c1-18(5-10(21)12(23)13(24)11(22)6-20)8-3-2-7(14(15,16)17)4-9(8)19(25)26/h2-4,10-13,20-24H,5-6H2,1H3/t10-,11-,12+,13-/m1/s1. The minimum absolute atomic E-state index is 0.258. The molecule has 0 heterocycles. The van der Waals surface area contributed by atoms with Crippen LogP contribution in [-0.4, -0.2) is 75.1 Å². The van der Waals surface area contributed by atoms with Crippen molar-refractivity contribution in [2.45, 2.75) is 30.6 Å². The van der Waals surface area contributed by atoms with Gasteiger partial charge in [0.2, 0.25) is 0 Å². The Bertz CT molecular complexity index is 629. The Kier molecular flexibility index (Phi) is 7.29. The van der Waals surface area contributed by atoms with Crippen LogP contribution in [0.4, 0.5) is 24.5 Å². The van der Waals surface area contributed by atoms with Crippen molar-refractivity contribution >= 4 is 11.4 Å². The fraction of sp³-hybridized carbons (Fsp3) is 0.571. The third kappa shape index (κ3) is 5.25. The first-order chi connectivity index (χ1) is 11.9. The number of anilines is 1. The molecule has 4 atom stereocenters. The van der Waals surface area contributed by atoms with Gasteiger partial charge in [0.1, 0.15) is 24.0 Å². The Labute approximate surface area is 145 Å². The first-order valence-electron chi connectivity index (χ1n) is 7.30. The van der Waals surface area contributed by atoms with Gasteiger partial charge >= 0.3 is 6.18 Å². The normalized spacial score (nSPS) is 16.7. The Morgan fingerprint density at radius 2 is 1.69 bits per heavy atom. The number of hydrogen-bond acceptors (Lipinski definition) is 8. The zero-order chi connectivity index (χ0) is 20.2. The summed E-state index contributed by atoms with van der Waals surface area (Å²) in [4.78, 5) is 11.1. The lowest BCUT2D eigenvalue weighted by atomic mass is 10.0. The van der Waals surface area contributed by atoms with Crippen molar-refractivity contribution in [1.82, 2.24) is 0 Å². The maximum Gasteiger partial charge on any atom is 0.416 e. The van der Waals surface area contributed by atoms with E-state index in [9.17, 15) is 43.7 Å². The molecular weight excluding hydrogens is 365 g/mol. The second-order valence-electron chi connectivity index (χ2n) is 5.64. The molecule has 1 aromatic rings. The van der Waals surface area contributed by atoms with Crippen LogP contribution in [0.15, 0.2) is 18.2 Å². The van der Waals surface area contributed by atoms with E-state index >= 15 is 0 Å². The number of rotatable bonds is 8. The van der Waals surface area contributed by atoms with E-state index in [1.165, 1.54) is 7.05 Å². The molecule has 12 heteroatoms. The number of nitrogens with zero attached hydrogens (tertiary/aromatic N) is 2. The van der Waals surface area contributed by atoms with Gasteiger partial charge in [-0.05, 0) is 12.1 Å². The summed E-state index contributed by atoms with van der Waals surface area (Å²) in [5, 5.41) is 58.2. The summed E-state index contributed by atoms with van der Waals surface area (Å²) in [7, 11) is 1.22. The number of nitro benzene ring substituents is 1. The first kappa shape index (κ1) is 22.1. The van der Waals surface area contributed by atoms with E-state index in [1.807, 2.05) is 0 Å².